The van der Waals surface area contributed by atoms with E-state index in [1.165, 1.54) is 16.8 Å². The first-order chi connectivity index (χ1) is 15.6. The number of pyridine rings is 4. The summed E-state index contributed by atoms with van der Waals surface area (Å²) >= 11 is 0. The molecule has 1 aliphatic heterocycles. The molecule has 0 radical (unpaired) electrons. The summed E-state index contributed by atoms with van der Waals surface area (Å²) in [5.74, 6) is 0. The number of hydrogen-bond acceptors (Lipinski definition) is 5. The van der Waals surface area contributed by atoms with Gasteiger partial charge in [0.2, 0.25) is 0 Å². The third-order valence-electron chi connectivity index (χ3n) is 5.85. The molecular weight excluding hydrogens is 394 g/mol. The second-order valence-electron chi connectivity index (χ2n) is 8.29. The van der Waals surface area contributed by atoms with E-state index in [2.05, 4.69) is 69.3 Å². The fourth-order valence-electron chi connectivity index (χ4n) is 4.38. The zero-order valence-electron chi connectivity index (χ0n) is 18.5. The summed E-state index contributed by atoms with van der Waals surface area (Å²) in [6.07, 6.45) is 13.9. The van der Waals surface area contributed by atoms with Crippen molar-refractivity contribution in [3.63, 3.8) is 0 Å². The van der Waals surface area contributed by atoms with E-state index >= 15 is 0 Å². The van der Waals surface area contributed by atoms with Gasteiger partial charge in [-0.25, -0.2) is 0 Å². The van der Waals surface area contributed by atoms with Crippen molar-refractivity contribution in [2.75, 3.05) is 4.90 Å². The number of rotatable bonds is 4. The predicted octanol–water partition coefficient (Wildman–Crippen LogP) is 5.63. The molecule has 4 aromatic rings. The van der Waals surface area contributed by atoms with Crippen LogP contribution in [-0.4, -0.2) is 19.9 Å². The van der Waals surface area contributed by atoms with Gasteiger partial charge in [-0.05, 0) is 67.8 Å². The predicted molar refractivity (Wildman–Crippen MR) is 128 cm³/mol. The van der Waals surface area contributed by atoms with Gasteiger partial charge in [-0.3, -0.25) is 19.9 Å². The third kappa shape index (κ3) is 3.89. The molecular formula is C27H25N5. The van der Waals surface area contributed by atoms with Gasteiger partial charge in [-0.2, -0.15) is 0 Å². The topological polar surface area (TPSA) is 54.8 Å². The maximum atomic E-state index is 4.83. The van der Waals surface area contributed by atoms with E-state index in [4.69, 9.17) is 4.98 Å². The van der Waals surface area contributed by atoms with Gasteiger partial charge in [0, 0.05) is 65.7 Å². The monoisotopic (exact) mass is 419 g/mol. The van der Waals surface area contributed by atoms with Crippen LogP contribution in [0.25, 0.3) is 17.3 Å². The van der Waals surface area contributed by atoms with Crippen LogP contribution in [0.15, 0.2) is 73.5 Å². The van der Waals surface area contributed by atoms with Gasteiger partial charge in [0.25, 0.3) is 0 Å². The fraction of sp³-hybridized carbons (Fsp3) is 0.185. The normalized spacial score (nSPS) is 15.0. The summed E-state index contributed by atoms with van der Waals surface area (Å²) < 4.78 is 0. The van der Waals surface area contributed by atoms with Crippen LogP contribution in [-0.2, 0) is 6.54 Å². The minimum absolute atomic E-state index is 0.120. The Bertz CT molecular complexity index is 1310. The van der Waals surface area contributed by atoms with Gasteiger partial charge < -0.3 is 4.90 Å². The molecule has 5 nitrogen and oxygen atoms in total. The molecule has 0 saturated carbocycles. The van der Waals surface area contributed by atoms with E-state index in [0.717, 1.165) is 40.3 Å². The summed E-state index contributed by atoms with van der Waals surface area (Å²) in [6, 6.07) is 12.8. The van der Waals surface area contributed by atoms with Crippen molar-refractivity contribution < 1.29 is 0 Å². The molecule has 5 heteroatoms. The molecule has 0 spiro atoms. The van der Waals surface area contributed by atoms with Crippen molar-refractivity contribution in [3.05, 3.63) is 107 Å². The van der Waals surface area contributed by atoms with Crippen molar-refractivity contribution in [2.45, 2.75) is 33.4 Å². The zero-order valence-corrected chi connectivity index (χ0v) is 18.5. The highest BCUT2D eigenvalue weighted by Crippen LogP contribution is 2.37. The van der Waals surface area contributed by atoms with Crippen molar-refractivity contribution in [3.8, 4) is 11.3 Å². The minimum atomic E-state index is 0.120. The number of nitrogens with zero attached hydrogens (tertiary/aromatic N) is 5. The molecule has 5 rings (SSSR count). The van der Waals surface area contributed by atoms with Crippen LogP contribution in [0, 0.1) is 20.8 Å². The molecule has 0 saturated heterocycles. The maximum absolute atomic E-state index is 4.83. The van der Waals surface area contributed by atoms with Gasteiger partial charge >= 0.3 is 0 Å². The van der Waals surface area contributed by atoms with Crippen molar-refractivity contribution in [1.29, 1.82) is 0 Å². The molecule has 0 amide bonds. The summed E-state index contributed by atoms with van der Waals surface area (Å²) in [5.41, 5.74) is 9.98. The van der Waals surface area contributed by atoms with Gasteiger partial charge in [-0.15, -0.1) is 0 Å². The van der Waals surface area contributed by atoms with Crippen molar-refractivity contribution in [2.24, 2.45) is 0 Å². The van der Waals surface area contributed by atoms with E-state index in [1.807, 2.05) is 50.9 Å². The second kappa shape index (κ2) is 8.35. The number of anilines is 1. The standard InChI is InChI=1S/C27H25N5/c1-18-12-21(15-31-27(18)23-7-11-30-20(3)14-23)17-32-25(22-6-10-29-19(2)13-22)5-4-24-16-28-9-8-26(24)32/h4-16,25H,17H2,1-3H3. The van der Waals surface area contributed by atoms with Gasteiger partial charge in [0.15, 0.2) is 0 Å². The number of aryl methyl sites for hydroxylation is 3. The van der Waals surface area contributed by atoms with Crippen molar-refractivity contribution >= 4 is 11.8 Å². The third-order valence-corrected chi connectivity index (χ3v) is 5.85. The molecule has 0 bridgehead atoms. The molecule has 158 valence electrons. The lowest BCUT2D eigenvalue weighted by Crippen LogP contribution is -2.29. The van der Waals surface area contributed by atoms with E-state index in [-0.39, 0.29) is 6.04 Å². The van der Waals surface area contributed by atoms with E-state index in [9.17, 15) is 0 Å². The Morgan fingerprint density at radius 3 is 2.44 bits per heavy atom. The zero-order chi connectivity index (χ0) is 22.1. The van der Waals surface area contributed by atoms with Crippen LogP contribution in [0.1, 0.15) is 39.7 Å². The summed E-state index contributed by atoms with van der Waals surface area (Å²) in [4.78, 5) is 20.2. The van der Waals surface area contributed by atoms with Gasteiger partial charge in [0.1, 0.15) is 0 Å². The summed E-state index contributed by atoms with van der Waals surface area (Å²) in [6.45, 7) is 6.91. The Morgan fingerprint density at radius 2 is 1.66 bits per heavy atom. The number of fused-ring (bicyclic) bond motifs is 1. The average molecular weight is 420 g/mol. The van der Waals surface area contributed by atoms with E-state index in [0.29, 0.717) is 0 Å². The molecule has 4 aromatic heterocycles. The lowest BCUT2D eigenvalue weighted by Gasteiger charge is -2.36. The van der Waals surface area contributed by atoms with Crippen LogP contribution in [0.3, 0.4) is 0 Å². The molecule has 0 aromatic carbocycles. The molecule has 5 heterocycles. The fourth-order valence-corrected chi connectivity index (χ4v) is 4.38. The van der Waals surface area contributed by atoms with Crippen molar-refractivity contribution in [1.82, 2.24) is 19.9 Å². The average Bonchev–Trinajstić information content (AvgIpc) is 2.79. The van der Waals surface area contributed by atoms with E-state index < -0.39 is 0 Å². The lowest BCUT2D eigenvalue weighted by molar-refractivity contribution is 0.712. The lowest BCUT2D eigenvalue weighted by atomic mass is 9.97. The molecule has 1 unspecified atom stereocenters. The first-order valence-electron chi connectivity index (χ1n) is 10.8. The quantitative estimate of drug-likeness (QED) is 0.429. The Hall–Kier alpha value is -3.86. The van der Waals surface area contributed by atoms with E-state index in [1.54, 1.807) is 0 Å². The SMILES string of the molecule is Cc1cc(-c2ncc(CN3c4ccncc4C=CC3c3ccnc(C)c3)cc2C)ccn1. The molecule has 0 fully saturated rings. The second-order valence-corrected chi connectivity index (χ2v) is 8.29. The minimum Gasteiger partial charge on any atom is -0.356 e. The first kappa shape index (κ1) is 20.1. The number of aromatic nitrogens is 4. The van der Waals surface area contributed by atoms with Crippen LogP contribution in [0.4, 0.5) is 5.69 Å². The highest BCUT2D eigenvalue weighted by Gasteiger charge is 2.24. The Morgan fingerprint density at radius 1 is 0.844 bits per heavy atom. The molecule has 1 aliphatic rings. The Labute approximate surface area is 188 Å². The van der Waals surface area contributed by atoms with Crippen LogP contribution in [0.5, 0.6) is 0 Å². The first-order valence-corrected chi connectivity index (χ1v) is 10.8. The Kier molecular flexibility index (Phi) is 5.23. The van der Waals surface area contributed by atoms with Gasteiger partial charge in [0.05, 0.1) is 11.7 Å². The highest BCUT2D eigenvalue weighted by molar-refractivity contribution is 5.72. The summed E-state index contributed by atoms with van der Waals surface area (Å²) in [5, 5.41) is 0. The highest BCUT2D eigenvalue weighted by atomic mass is 15.2. The number of hydrogen-bond donors (Lipinski definition) is 0. The molecule has 1 atom stereocenters. The van der Waals surface area contributed by atoms with Gasteiger partial charge in [-0.1, -0.05) is 18.2 Å². The smallest absolute Gasteiger partial charge is 0.0735 e. The largest absolute Gasteiger partial charge is 0.356 e. The summed E-state index contributed by atoms with van der Waals surface area (Å²) in [7, 11) is 0. The van der Waals surface area contributed by atoms with Crippen LogP contribution in [0.2, 0.25) is 0 Å². The molecule has 0 aliphatic carbocycles. The van der Waals surface area contributed by atoms with Crippen LogP contribution < -0.4 is 4.90 Å². The Balaban J connectivity index is 1.51. The maximum Gasteiger partial charge on any atom is 0.0735 e. The molecule has 0 N–H and O–H groups in total. The van der Waals surface area contributed by atoms with Crippen LogP contribution >= 0.6 is 0 Å². The molecule has 32 heavy (non-hydrogen) atoms.